The number of methoxy groups -OCH3 is 1. The Morgan fingerprint density at radius 1 is 1.50 bits per heavy atom. The van der Waals surface area contributed by atoms with Gasteiger partial charge in [0.15, 0.2) is 0 Å². The van der Waals surface area contributed by atoms with Crippen LogP contribution in [0.5, 0.6) is 0 Å². The largest absolute Gasteiger partial charge is 0.383 e. The lowest BCUT2D eigenvalue weighted by molar-refractivity contribution is 0.171. The molecule has 0 spiro atoms. The zero-order valence-electron chi connectivity index (χ0n) is 8.55. The number of hydrogen-bond donors (Lipinski definition) is 1. The maximum atomic E-state index is 7.49. The first-order valence-corrected chi connectivity index (χ1v) is 4.37. The molecule has 0 fully saturated rings. The molecule has 0 amide bonds. The number of rotatable bonds is 5. The van der Waals surface area contributed by atoms with Gasteiger partial charge in [0.1, 0.15) is 0 Å². The van der Waals surface area contributed by atoms with Crippen molar-refractivity contribution < 1.29 is 4.74 Å². The van der Waals surface area contributed by atoms with E-state index in [0.29, 0.717) is 18.4 Å². The third-order valence-electron chi connectivity index (χ3n) is 1.63. The molecule has 0 saturated carbocycles. The standard InChI is InChI=1S/C9H20N2O/c1-8(2)7-11(9(3)10)5-6-12-4/h8,10H,5-7H2,1-4H3. The first kappa shape index (κ1) is 11.4. The van der Waals surface area contributed by atoms with Crippen LogP contribution in [0.2, 0.25) is 0 Å². The molecule has 0 radical (unpaired) electrons. The summed E-state index contributed by atoms with van der Waals surface area (Å²) in [7, 11) is 1.69. The normalized spacial score (nSPS) is 10.4. The van der Waals surface area contributed by atoms with E-state index in [0.717, 1.165) is 13.1 Å². The maximum absolute atomic E-state index is 7.49. The fourth-order valence-corrected chi connectivity index (χ4v) is 1.04. The highest BCUT2D eigenvalue weighted by Crippen LogP contribution is 1.98. The Bertz CT molecular complexity index is 134. The van der Waals surface area contributed by atoms with E-state index in [1.54, 1.807) is 7.11 Å². The number of amidine groups is 1. The number of ether oxygens (including phenoxy) is 1. The summed E-state index contributed by atoms with van der Waals surface area (Å²) in [6.07, 6.45) is 0. The van der Waals surface area contributed by atoms with Crippen molar-refractivity contribution in [1.82, 2.24) is 4.90 Å². The molecule has 0 unspecified atom stereocenters. The molecule has 0 heterocycles. The third kappa shape index (κ3) is 5.13. The topological polar surface area (TPSA) is 36.3 Å². The van der Waals surface area contributed by atoms with E-state index < -0.39 is 0 Å². The molecule has 3 heteroatoms. The van der Waals surface area contributed by atoms with Gasteiger partial charge in [-0.15, -0.1) is 0 Å². The molecular weight excluding hydrogens is 152 g/mol. The Morgan fingerprint density at radius 3 is 2.42 bits per heavy atom. The lowest BCUT2D eigenvalue weighted by Gasteiger charge is -2.24. The van der Waals surface area contributed by atoms with Crippen molar-refractivity contribution in [3.63, 3.8) is 0 Å². The van der Waals surface area contributed by atoms with Gasteiger partial charge in [0.05, 0.1) is 12.4 Å². The van der Waals surface area contributed by atoms with Crippen molar-refractivity contribution in [2.45, 2.75) is 20.8 Å². The average Bonchev–Trinajstić information content (AvgIpc) is 1.96. The Morgan fingerprint density at radius 2 is 2.08 bits per heavy atom. The van der Waals surface area contributed by atoms with E-state index >= 15 is 0 Å². The van der Waals surface area contributed by atoms with Crippen LogP contribution in [0, 0.1) is 11.3 Å². The van der Waals surface area contributed by atoms with Crippen LogP contribution in [0.3, 0.4) is 0 Å². The summed E-state index contributed by atoms with van der Waals surface area (Å²) in [5, 5.41) is 7.49. The average molecular weight is 172 g/mol. The fraction of sp³-hybridized carbons (Fsp3) is 0.889. The predicted molar refractivity (Wildman–Crippen MR) is 51.7 cm³/mol. The molecule has 1 N–H and O–H groups in total. The van der Waals surface area contributed by atoms with Gasteiger partial charge in [-0.2, -0.15) is 0 Å². The van der Waals surface area contributed by atoms with Gasteiger partial charge >= 0.3 is 0 Å². The van der Waals surface area contributed by atoms with Gasteiger partial charge in [-0.05, 0) is 12.8 Å². The Labute approximate surface area is 75.2 Å². The lowest BCUT2D eigenvalue weighted by Crippen LogP contribution is -2.34. The van der Waals surface area contributed by atoms with Crippen molar-refractivity contribution in [3.05, 3.63) is 0 Å². The van der Waals surface area contributed by atoms with E-state index in [2.05, 4.69) is 13.8 Å². The molecule has 0 aliphatic carbocycles. The van der Waals surface area contributed by atoms with E-state index in [4.69, 9.17) is 10.1 Å². The summed E-state index contributed by atoms with van der Waals surface area (Å²) in [5.74, 6) is 1.22. The van der Waals surface area contributed by atoms with Gasteiger partial charge in [0.2, 0.25) is 0 Å². The van der Waals surface area contributed by atoms with E-state index in [-0.39, 0.29) is 0 Å². The number of nitrogens with one attached hydrogen (secondary N) is 1. The molecule has 0 aromatic heterocycles. The lowest BCUT2D eigenvalue weighted by atomic mass is 10.2. The van der Waals surface area contributed by atoms with Crippen LogP contribution in [0.25, 0.3) is 0 Å². The summed E-state index contributed by atoms with van der Waals surface area (Å²) in [6, 6.07) is 0. The maximum Gasteiger partial charge on any atom is 0.0926 e. The monoisotopic (exact) mass is 172 g/mol. The highest BCUT2D eigenvalue weighted by Gasteiger charge is 2.06. The highest BCUT2D eigenvalue weighted by molar-refractivity contribution is 5.76. The Hall–Kier alpha value is -0.570. The second kappa shape index (κ2) is 6.00. The summed E-state index contributed by atoms with van der Waals surface area (Å²) in [5.41, 5.74) is 0. The molecule has 72 valence electrons. The molecule has 0 atom stereocenters. The highest BCUT2D eigenvalue weighted by atomic mass is 16.5. The fourth-order valence-electron chi connectivity index (χ4n) is 1.04. The van der Waals surface area contributed by atoms with Crippen LogP contribution >= 0.6 is 0 Å². The minimum atomic E-state index is 0.599. The SMILES string of the molecule is COCCN(CC(C)C)C(C)=N. The molecule has 0 aromatic rings. The van der Waals surface area contributed by atoms with Gasteiger partial charge in [-0.3, -0.25) is 5.41 Å². The molecule has 0 aliphatic heterocycles. The number of hydrogen-bond acceptors (Lipinski definition) is 2. The van der Waals surface area contributed by atoms with Crippen LogP contribution in [-0.2, 0) is 4.74 Å². The van der Waals surface area contributed by atoms with Gasteiger partial charge < -0.3 is 9.64 Å². The van der Waals surface area contributed by atoms with Crippen LogP contribution in [0.1, 0.15) is 20.8 Å². The summed E-state index contributed by atoms with van der Waals surface area (Å²) < 4.78 is 4.97. The summed E-state index contributed by atoms with van der Waals surface area (Å²) in [4.78, 5) is 2.04. The van der Waals surface area contributed by atoms with Gasteiger partial charge in [-0.1, -0.05) is 13.8 Å². The predicted octanol–water partition coefficient (Wildman–Crippen LogP) is 1.59. The first-order valence-electron chi connectivity index (χ1n) is 4.37. The quantitative estimate of drug-likeness (QED) is 0.505. The molecule has 3 nitrogen and oxygen atoms in total. The molecule has 0 aromatic carbocycles. The zero-order chi connectivity index (χ0) is 9.56. The van der Waals surface area contributed by atoms with Crippen molar-refractivity contribution in [2.75, 3.05) is 26.8 Å². The number of nitrogens with zero attached hydrogens (tertiary/aromatic N) is 1. The second-order valence-corrected chi connectivity index (χ2v) is 3.42. The molecular formula is C9H20N2O. The second-order valence-electron chi connectivity index (χ2n) is 3.42. The Kier molecular flexibility index (Phi) is 5.72. The zero-order valence-corrected chi connectivity index (χ0v) is 8.55. The summed E-state index contributed by atoms with van der Waals surface area (Å²) >= 11 is 0. The van der Waals surface area contributed by atoms with Gasteiger partial charge in [-0.25, -0.2) is 0 Å². The first-order chi connectivity index (χ1) is 5.57. The summed E-state index contributed by atoms with van der Waals surface area (Å²) in [6.45, 7) is 8.59. The molecule has 12 heavy (non-hydrogen) atoms. The third-order valence-corrected chi connectivity index (χ3v) is 1.63. The van der Waals surface area contributed by atoms with Crippen LogP contribution in [-0.4, -0.2) is 37.5 Å². The minimum Gasteiger partial charge on any atom is -0.383 e. The molecule has 0 aliphatic rings. The van der Waals surface area contributed by atoms with Crippen molar-refractivity contribution in [1.29, 1.82) is 5.41 Å². The minimum absolute atomic E-state index is 0.599. The van der Waals surface area contributed by atoms with Crippen LogP contribution in [0.4, 0.5) is 0 Å². The van der Waals surface area contributed by atoms with Crippen molar-refractivity contribution in [3.8, 4) is 0 Å². The molecule has 0 bridgehead atoms. The van der Waals surface area contributed by atoms with E-state index in [9.17, 15) is 0 Å². The molecule has 0 saturated heterocycles. The Balaban J connectivity index is 3.78. The smallest absolute Gasteiger partial charge is 0.0926 e. The molecule has 0 rings (SSSR count). The van der Waals surface area contributed by atoms with Crippen LogP contribution in [0.15, 0.2) is 0 Å². The van der Waals surface area contributed by atoms with E-state index in [1.807, 2.05) is 11.8 Å². The van der Waals surface area contributed by atoms with Crippen molar-refractivity contribution >= 4 is 5.84 Å². The van der Waals surface area contributed by atoms with Gasteiger partial charge in [0.25, 0.3) is 0 Å². The van der Waals surface area contributed by atoms with Crippen molar-refractivity contribution in [2.24, 2.45) is 5.92 Å². The van der Waals surface area contributed by atoms with Crippen LogP contribution < -0.4 is 0 Å². The van der Waals surface area contributed by atoms with Gasteiger partial charge in [0, 0.05) is 20.2 Å². The van der Waals surface area contributed by atoms with E-state index in [1.165, 1.54) is 0 Å².